The number of hydrogen-bond donors (Lipinski definition) is 0. The van der Waals surface area contributed by atoms with Crippen molar-refractivity contribution in [2.24, 2.45) is 11.8 Å². The lowest BCUT2D eigenvalue weighted by Crippen LogP contribution is -2.59. The first kappa shape index (κ1) is 19.9. The predicted molar refractivity (Wildman–Crippen MR) is 123 cm³/mol. The van der Waals surface area contributed by atoms with Crippen molar-refractivity contribution < 1.29 is 14.5 Å². The molecule has 1 aliphatic heterocycles. The van der Waals surface area contributed by atoms with E-state index < -0.39 is 27.6 Å². The lowest BCUT2D eigenvalue weighted by atomic mass is 9.42. The average Bonchev–Trinajstić information content (AvgIpc) is 3.09. The van der Waals surface area contributed by atoms with Gasteiger partial charge in [0, 0.05) is 23.0 Å². The standard InChI is InChI=1S/C27H22N2O4/c1-15-12-13-16(29(32)33)14-21(15)28-24(30)22-23(25(28)31)27(3)19-10-6-4-8-17(19)26(22,2)18-9-5-7-11-20(18)27/h4-14,22-23H,1-3H3/t22-,23+,26?,27?. The van der Waals surface area contributed by atoms with Gasteiger partial charge in [-0.05, 0) is 34.7 Å². The minimum Gasteiger partial charge on any atom is -0.274 e. The van der Waals surface area contributed by atoms with Crippen LogP contribution in [0.2, 0.25) is 0 Å². The highest BCUT2D eigenvalue weighted by Gasteiger charge is 2.70. The first-order valence-corrected chi connectivity index (χ1v) is 11.0. The number of nitro benzene ring substituents is 1. The number of nitro groups is 1. The molecule has 4 aliphatic rings. The number of carbonyl (C=O) groups excluding carboxylic acids is 2. The monoisotopic (exact) mass is 438 g/mol. The van der Waals surface area contributed by atoms with E-state index in [1.165, 1.54) is 17.0 Å². The molecule has 6 nitrogen and oxygen atoms in total. The topological polar surface area (TPSA) is 80.5 Å². The molecule has 33 heavy (non-hydrogen) atoms. The molecular formula is C27H22N2O4. The second-order valence-electron chi connectivity index (χ2n) is 9.69. The van der Waals surface area contributed by atoms with E-state index in [1.54, 1.807) is 13.0 Å². The fourth-order valence-corrected chi connectivity index (χ4v) is 6.76. The van der Waals surface area contributed by atoms with Gasteiger partial charge in [-0.25, -0.2) is 4.90 Å². The zero-order valence-corrected chi connectivity index (χ0v) is 18.5. The van der Waals surface area contributed by atoms with Crippen LogP contribution >= 0.6 is 0 Å². The molecule has 3 aromatic carbocycles. The van der Waals surface area contributed by atoms with Gasteiger partial charge in [0.1, 0.15) is 0 Å². The number of anilines is 1. The van der Waals surface area contributed by atoms with Crippen molar-refractivity contribution in [3.8, 4) is 0 Å². The molecule has 3 aromatic rings. The highest BCUT2D eigenvalue weighted by Crippen LogP contribution is 2.66. The zero-order chi connectivity index (χ0) is 23.3. The van der Waals surface area contributed by atoms with E-state index >= 15 is 0 Å². The molecule has 1 saturated heterocycles. The zero-order valence-electron chi connectivity index (χ0n) is 18.5. The third kappa shape index (κ3) is 2.14. The Hall–Kier alpha value is -3.80. The molecule has 3 aliphatic carbocycles. The summed E-state index contributed by atoms with van der Waals surface area (Å²) in [4.78, 5) is 40.3. The van der Waals surface area contributed by atoms with Crippen molar-refractivity contribution in [1.29, 1.82) is 0 Å². The van der Waals surface area contributed by atoms with Crippen LogP contribution in [-0.2, 0) is 20.4 Å². The Morgan fingerprint density at radius 1 is 0.788 bits per heavy atom. The molecule has 2 bridgehead atoms. The highest BCUT2D eigenvalue weighted by atomic mass is 16.6. The lowest BCUT2D eigenvalue weighted by Gasteiger charge is -2.57. The van der Waals surface area contributed by atoms with Crippen LogP contribution < -0.4 is 4.90 Å². The van der Waals surface area contributed by atoms with Gasteiger partial charge in [-0.1, -0.05) is 68.4 Å². The summed E-state index contributed by atoms with van der Waals surface area (Å²) in [7, 11) is 0. The summed E-state index contributed by atoms with van der Waals surface area (Å²) in [6, 6.07) is 20.5. The molecule has 164 valence electrons. The van der Waals surface area contributed by atoms with Gasteiger partial charge in [0.2, 0.25) is 11.8 Å². The van der Waals surface area contributed by atoms with Gasteiger partial charge in [0.05, 0.1) is 22.4 Å². The molecule has 0 radical (unpaired) electrons. The number of benzene rings is 3. The van der Waals surface area contributed by atoms with Gasteiger partial charge in [0.15, 0.2) is 0 Å². The van der Waals surface area contributed by atoms with Crippen LogP contribution in [0.5, 0.6) is 0 Å². The molecule has 0 unspecified atom stereocenters. The number of imide groups is 1. The van der Waals surface area contributed by atoms with Gasteiger partial charge in [-0.2, -0.15) is 0 Å². The molecular weight excluding hydrogens is 416 g/mol. The minimum atomic E-state index is -0.675. The van der Waals surface area contributed by atoms with Crippen LogP contribution in [0, 0.1) is 28.9 Å². The van der Waals surface area contributed by atoms with E-state index in [1.807, 2.05) is 24.3 Å². The summed E-state index contributed by atoms with van der Waals surface area (Å²) in [5.74, 6) is -1.74. The van der Waals surface area contributed by atoms with Crippen molar-refractivity contribution in [1.82, 2.24) is 0 Å². The largest absolute Gasteiger partial charge is 0.274 e. The molecule has 2 atom stereocenters. The second-order valence-corrected chi connectivity index (χ2v) is 9.69. The SMILES string of the molecule is Cc1ccc([N+](=O)[O-])cc1N1C(=O)[C@@H]2[C@H](C1=O)C1(C)c3ccccc3C2(C)c2ccccc21. The molecule has 2 amide bonds. The van der Waals surface area contributed by atoms with E-state index in [4.69, 9.17) is 0 Å². The maximum absolute atomic E-state index is 14.1. The number of non-ortho nitro benzene ring substituents is 1. The average molecular weight is 438 g/mol. The Morgan fingerprint density at radius 3 is 1.61 bits per heavy atom. The van der Waals surface area contributed by atoms with Crippen LogP contribution in [0.25, 0.3) is 0 Å². The normalized spacial score (nSPS) is 29.0. The van der Waals surface area contributed by atoms with Crippen LogP contribution in [0.3, 0.4) is 0 Å². The van der Waals surface area contributed by atoms with E-state index in [0.717, 1.165) is 22.3 Å². The number of amides is 2. The highest BCUT2D eigenvalue weighted by molar-refractivity contribution is 6.24. The van der Waals surface area contributed by atoms with E-state index in [2.05, 4.69) is 38.1 Å². The van der Waals surface area contributed by atoms with Crippen LogP contribution in [-0.4, -0.2) is 16.7 Å². The number of rotatable bonds is 2. The Balaban J connectivity index is 1.64. The molecule has 0 N–H and O–H groups in total. The predicted octanol–water partition coefficient (Wildman–Crippen LogP) is 4.65. The molecule has 7 rings (SSSR count). The summed E-state index contributed by atoms with van der Waals surface area (Å²) in [5.41, 5.74) is 3.76. The number of carbonyl (C=O) groups is 2. The molecule has 1 fully saturated rings. The van der Waals surface area contributed by atoms with Crippen LogP contribution in [0.1, 0.15) is 41.7 Å². The summed E-state index contributed by atoms with van der Waals surface area (Å²) in [6.07, 6.45) is 0. The van der Waals surface area contributed by atoms with E-state index in [-0.39, 0.29) is 17.5 Å². The van der Waals surface area contributed by atoms with Crippen molar-refractivity contribution in [3.05, 3.63) is 105 Å². The Kier molecular flexibility index (Phi) is 3.71. The van der Waals surface area contributed by atoms with Gasteiger partial charge in [-0.3, -0.25) is 19.7 Å². The Bertz CT molecular complexity index is 1290. The van der Waals surface area contributed by atoms with Crippen LogP contribution in [0.4, 0.5) is 11.4 Å². The smallest absolute Gasteiger partial charge is 0.271 e. The van der Waals surface area contributed by atoms with Gasteiger partial charge >= 0.3 is 0 Å². The Labute approximate surface area is 191 Å². The van der Waals surface area contributed by atoms with E-state index in [0.29, 0.717) is 11.3 Å². The molecule has 0 aromatic heterocycles. The number of hydrogen-bond acceptors (Lipinski definition) is 4. The fraction of sp³-hybridized carbons (Fsp3) is 0.259. The van der Waals surface area contributed by atoms with Crippen LogP contribution in [0.15, 0.2) is 66.7 Å². The maximum Gasteiger partial charge on any atom is 0.271 e. The van der Waals surface area contributed by atoms with Gasteiger partial charge < -0.3 is 0 Å². The minimum absolute atomic E-state index is 0.141. The first-order valence-electron chi connectivity index (χ1n) is 11.0. The van der Waals surface area contributed by atoms with Crippen molar-refractivity contribution in [2.75, 3.05) is 4.90 Å². The molecule has 0 spiro atoms. The van der Waals surface area contributed by atoms with Crippen molar-refractivity contribution >= 4 is 23.2 Å². The quantitative estimate of drug-likeness (QED) is 0.331. The summed E-state index contributed by atoms with van der Waals surface area (Å²) in [6.45, 7) is 5.90. The fourth-order valence-electron chi connectivity index (χ4n) is 6.76. The summed E-state index contributed by atoms with van der Waals surface area (Å²) < 4.78 is 0. The van der Waals surface area contributed by atoms with Gasteiger partial charge in [0.25, 0.3) is 5.69 Å². The Morgan fingerprint density at radius 2 is 1.21 bits per heavy atom. The summed E-state index contributed by atoms with van der Waals surface area (Å²) in [5, 5.41) is 11.4. The number of nitrogens with zero attached hydrogens (tertiary/aromatic N) is 2. The number of aryl methyl sites for hydroxylation is 1. The third-order valence-corrected chi connectivity index (χ3v) is 8.29. The molecule has 0 saturated carbocycles. The first-order chi connectivity index (χ1) is 15.7. The summed E-state index contributed by atoms with van der Waals surface area (Å²) >= 11 is 0. The molecule has 1 heterocycles. The third-order valence-electron chi connectivity index (χ3n) is 8.29. The lowest BCUT2D eigenvalue weighted by molar-refractivity contribution is -0.384. The van der Waals surface area contributed by atoms with Gasteiger partial charge in [-0.15, -0.1) is 0 Å². The second kappa shape index (κ2) is 6.16. The van der Waals surface area contributed by atoms with E-state index in [9.17, 15) is 19.7 Å². The van der Waals surface area contributed by atoms with Crippen molar-refractivity contribution in [2.45, 2.75) is 31.6 Å². The molecule has 6 heteroatoms. The van der Waals surface area contributed by atoms with Crippen molar-refractivity contribution in [3.63, 3.8) is 0 Å². The maximum atomic E-state index is 14.1.